The molecular formula is C19H21N3O3S. The van der Waals surface area contributed by atoms with Gasteiger partial charge in [0.05, 0.1) is 23.7 Å². The molecule has 1 saturated heterocycles. The third kappa shape index (κ3) is 4.41. The van der Waals surface area contributed by atoms with Crippen LogP contribution in [0.5, 0.6) is 0 Å². The molecule has 0 saturated carbocycles. The van der Waals surface area contributed by atoms with Gasteiger partial charge in [0, 0.05) is 25.3 Å². The van der Waals surface area contributed by atoms with E-state index in [9.17, 15) is 8.42 Å². The van der Waals surface area contributed by atoms with Crippen LogP contribution in [0.4, 0.5) is 5.69 Å². The van der Waals surface area contributed by atoms with Gasteiger partial charge >= 0.3 is 0 Å². The van der Waals surface area contributed by atoms with Crippen LogP contribution in [0.25, 0.3) is 0 Å². The number of hydrogen-bond acceptors (Lipinski definition) is 5. The smallest absolute Gasteiger partial charge is 0.241 e. The van der Waals surface area contributed by atoms with Crippen LogP contribution in [0.15, 0.2) is 53.4 Å². The maximum Gasteiger partial charge on any atom is 0.241 e. The van der Waals surface area contributed by atoms with Crippen molar-refractivity contribution in [3.63, 3.8) is 0 Å². The number of morpholine rings is 1. The molecule has 3 rings (SSSR count). The quantitative estimate of drug-likeness (QED) is 0.839. The number of anilines is 1. The Labute approximate surface area is 154 Å². The highest BCUT2D eigenvalue weighted by Crippen LogP contribution is 2.17. The highest BCUT2D eigenvalue weighted by molar-refractivity contribution is 7.89. The second-order valence-electron chi connectivity index (χ2n) is 6.02. The molecule has 0 atom stereocenters. The molecule has 7 heteroatoms. The number of hydrogen-bond donors (Lipinski definition) is 1. The van der Waals surface area contributed by atoms with E-state index in [1.54, 1.807) is 12.1 Å². The van der Waals surface area contributed by atoms with Crippen molar-refractivity contribution in [1.82, 2.24) is 4.72 Å². The fraction of sp³-hybridized carbons (Fsp3) is 0.316. The van der Waals surface area contributed by atoms with Crippen molar-refractivity contribution in [3.05, 3.63) is 59.7 Å². The summed E-state index contributed by atoms with van der Waals surface area (Å²) in [5, 5.41) is 9.06. The van der Waals surface area contributed by atoms with Gasteiger partial charge in [0.2, 0.25) is 10.0 Å². The van der Waals surface area contributed by atoms with Gasteiger partial charge in [-0.1, -0.05) is 24.3 Å². The van der Waals surface area contributed by atoms with E-state index in [-0.39, 0.29) is 17.0 Å². The summed E-state index contributed by atoms with van der Waals surface area (Å²) in [6.07, 6.45) is 0.581. The van der Waals surface area contributed by atoms with Crippen LogP contribution in [0, 0.1) is 11.3 Å². The highest BCUT2D eigenvalue weighted by Gasteiger charge is 2.17. The average molecular weight is 371 g/mol. The summed E-state index contributed by atoms with van der Waals surface area (Å²) in [6, 6.07) is 16.3. The van der Waals surface area contributed by atoms with Gasteiger partial charge in [-0.2, -0.15) is 5.26 Å². The molecule has 0 spiro atoms. The lowest BCUT2D eigenvalue weighted by Crippen LogP contribution is -2.36. The molecule has 0 unspecified atom stereocenters. The standard InChI is InChI=1S/C19H21N3O3S/c20-15-17-3-1-2-4-19(17)26(23,24)21-10-9-16-5-7-18(8-6-16)22-11-13-25-14-12-22/h1-8,21H,9-14H2. The molecule has 0 amide bonds. The summed E-state index contributed by atoms with van der Waals surface area (Å²) < 4.78 is 32.7. The van der Waals surface area contributed by atoms with Crippen molar-refractivity contribution < 1.29 is 13.2 Å². The van der Waals surface area contributed by atoms with Crippen molar-refractivity contribution >= 4 is 15.7 Å². The first-order chi connectivity index (χ1) is 12.6. The van der Waals surface area contributed by atoms with Crippen LogP contribution < -0.4 is 9.62 Å². The Hall–Kier alpha value is -2.40. The summed E-state index contributed by atoms with van der Waals surface area (Å²) in [7, 11) is -3.69. The minimum Gasteiger partial charge on any atom is -0.378 e. The second kappa shape index (κ2) is 8.32. The molecule has 1 fully saturated rings. The molecule has 1 aliphatic rings. The van der Waals surface area contributed by atoms with E-state index in [2.05, 4.69) is 21.8 Å². The summed E-state index contributed by atoms with van der Waals surface area (Å²) in [5.41, 5.74) is 2.36. The lowest BCUT2D eigenvalue weighted by Gasteiger charge is -2.28. The SMILES string of the molecule is N#Cc1ccccc1S(=O)(=O)NCCc1ccc(N2CCOCC2)cc1. The molecule has 136 valence electrons. The second-order valence-corrected chi connectivity index (χ2v) is 7.76. The van der Waals surface area contributed by atoms with E-state index in [0.29, 0.717) is 6.42 Å². The lowest BCUT2D eigenvalue weighted by atomic mass is 10.1. The number of rotatable bonds is 6. The summed E-state index contributed by atoms with van der Waals surface area (Å²) >= 11 is 0. The van der Waals surface area contributed by atoms with Crippen LogP contribution >= 0.6 is 0 Å². The first-order valence-corrected chi connectivity index (χ1v) is 9.99. The van der Waals surface area contributed by atoms with Gasteiger partial charge in [-0.15, -0.1) is 0 Å². The lowest BCUT2D eigenvalue weighted by molar-refractivity contribution is 0.122. The molecule has 1 aliphatic heterocycles. The Balaban J connectivity index is 1.58. The topological polar surface area (TPSA) is 82.4 Å². The van der Waals surface area contributed by atoms with Crippen LogP contribution in [0.3, 0.4) is 0 Å². The predicted octanol–water partition coefficient (Wildman–Crippen LogP) is 1.92. The Morgan fingerprint density at radius 2 is 1.77 bits per heavy atom. The fourth-order valence-electron chi connectivity index (χ4n) is 2.90. The number of sulfonamides is 1. The first kappa shape index (κ1) is 18.4. The van der Waals surface area contributed by atoms with Gasteiger partial charge in [0.15, 0.2) is 0 Å². The molecule has 26 heavy (non-hydrogen) atoms. The molecule has 0 bridgehead atoms. The van der Waals surface area contributed by atoms with Crippen molar-refractivity contribution in [1.29, 1.82) is 5.26 Å². The third-order valence-corrected chi connectivity index (χ3v) is 5.83. The molecule has 1 heterocycles. The van der Waals surface area contributed by atoms with Crippen molar-refractivity contribution in [2.75, 3.05) is 37.7 Å². The maximum atomic E-state index is 12.4. The monoisotopic (exact) mass is 371 g/mol. The molecule has 0 aromatic heterocycles. The van der Waals surface area contributed by atoms with Gasteiger partial charge in [-0.25, -0.2) is 13.1 Å². The van der Waals surface area contributed by atoms with Crippen LogP contribution in [0.1, 0.15) is 11.1 Å². The van der Waals surface area contributed by atoms with Crippen LogP contribution in [0.2, 0.25) is 0 Å². The fourth-order valence-corrected chi connectivity index (χ4v) is 4.08. The van der Waals surface area contributed by atoms with E-state index in [4.69, 9.17) is 10.00 Å². The Morgan fingerprint density at radius 3 is 2.46 bits per heavy atom. The van der Waals surface area contributed by atoms with Gasteiger partial charge in [-0.3, -0.25) is 0 Å². The third-order valence-electron chi connectivity index (χ3n) is 4.32. The minimum absolute atomic E-state index is 0.0187. The Morgan fingerprint density at radius 1 is 1.08 bits per heavy atom. The van der Waals surface area contributed by atoms with E-state index in [1.165, 1.54) is 12.1 Å². The molecular weight excluding hydrogens is 350 g/mol. The summed E-state index contributed by atoms with van der Waals surface area (Å²) in [5.74, 6) is 0. The van der Waals surface area contributed by atoms with Crippen molar-refractivity contribution in [3.8, 4) is 6.07 Å². The zero-order valence-electron chi connectivity index (χ0n) is 14.4. The Kier molecular flexibility index (Phi) is 5.89. The van der Waals surface area contributed by atoms with E-state index >= 15 is 0 Å². The Bertz CT molecular complexity index is 883. The molecule has 2 aromatic carbocycles. The molecule has 6 nitrogen and oxygen atoms in total. The molecule has 2 aromatic rings. The van der Waals surface area contributed by atoms with Crippen LogP contribution in [-0.2, 0) is 21.2 Å². The molecule has 0 aliphatic carbocycles. The van der Waals surface area contributed by atoms with E-state index in [0.717, 1.165) is 37.6 Å². The normalized spacial score (nSPS) is 14.8. The number of nitriles is 1. The van der Waals surface area contributed by atoms with E-state index < -0.39 is 10.0 Å². The largest absolute Gasteiger partial charge is 0.378 e. The van der Waals surface area contributed by atoms with Gasteiger partial charge in [0.25, 0.3) is 0 Å². The van der Waals surface area contributed by atoms with Crippen LogP contribution in [-0.4, -0.2) is 41.3 Å². The van der Waals surface area contributed by atoms with Gasteiger partial charge in [0.1, 0.15) is 6.07 Å². The maximum absolute atomic E-state index is 12.4. The molecule has 0 radical (unpaired) electrons. The average Bonchev–Trinajstić information content (AvgIpc) is 2.69. The zero-order valence-corrected chi connectivity index (χ0v) is 15.2. The summed E-state index contributed by atoms with van der Waals surface area (Å²) in [4.78, 5) is 2.29. The number of nitrogens with one attached hydrogen (secondary N) is 1. The number of ether oxygens (including phenoxy) is 1. The van der Waals surface area contributed by atoms with Gasteiger partial charge in [-0.05, 0) is 36.2 Å². The predicted molar refractivity (Wildman–Crippen MR) is 99.5 cm³/mol. The molecule has 1 N–H and O–H groups in total. The zero-order chi connectivity index (χ0) is 18.4. The number of benzene rings is 2. The number of nitrogens with zero attached hydrogens (tertiary/aromatic N) is 2. The minimum atomic E-state index is -3.69. The summed E-state index contributed by atoms with van der Waals surface area (Å²) in [6.45, 7) is 3.54. The highest BCUT2D eigenvalue weighted by atomic mass is 32.2. The first-order valence-electron chi connectivity index (χ1n) is 8.50. The van der Waals surface area contributed by atoms with Crippen molar-refractivity contribution in [2.45, 2.75) is 11.3 Å². The van der Waals surface area contributed by atoms with E-state index in [1.807, 2.05) is 18.2 Å². The van der Waals surface area contributed by atoms with Crippen molar-refractivity contribution in [2.24, 2.45) is 0 Å². The van der Waals surface area contributed by atoms with Gasteiger partial charge < -0.3 is 9.64 Å².